The van der Waals surface area contributed by atoms with Crippen molar-refractivity contribution in [3.05, 3.63) is 35.4 Å². The van der Waals surface area contributed by atoms with Crippen LogP contribution in [0.2, 0.25) is 0 Å². The van der Waals surface area contributed by atoms with Crippen molar-refractivity contribution in [2.24, 2.45) is 11.8 Å². The SMILES string of the molecule is CCCCCCCC1CCC(COc2ccc(C=C(C)C(=O)O)cc2)CC1. The molecule has 27 heavy (non-hydrogen) atoms. The van der Waals surface area contributed by atoms with E-state index in [-0.39, 0.29) is 0 Å². The molecule has 3 heteroatoms. The maximum absolute atomic E-state index is 10.9. The Hall–Kier alpha value is -1.77. The maximum atomic E-state index is 10.9. The van der Waals surface area contributed by atoms with Gasteiger partial charge >= 0.3 is 5.97 Å². The highest BCUT2D eigenvalue weighted by molar-refractivity contribution is 5.91. The molecule has 0 spiro atoms. The highest BCUT2D eigenvalue weighted by atomic mass is 16.5. The zero-order valence-electron chi connectivity index (χ0n) is 17.1. The van der Waals surface area contributed by atoms with Crippen LogP contribution in [0.4, 0.5) is 0 Å². The van der Waals surface area contributed by atoms with Gasteiger partial charge in [-0.05, 0) is 55.4 Å². The number of aliphatic carboxylic acids is 1. The van der Waals surface area contributed by atoms with E-state index in [4.69, 9.17) is 9.84 Å². The smallest absolute Gasteiger partial charge is 0.331 e. The summed E-state index contributed by atoms with van der Waals surface area (Å²) in [6.45, 7) is 4.68. The highest BCUT2D eigenvalue weighted by Crippen LogP contribution is 2.32. The maximum Gasteiger partial charge on any atom is 0.331 e. The first-order valence-electron chi connectivity index (χ1n) is 10.7. The summed E-state index contributed by atoms with van der Waals surface area (Å²) < 4.78 is 5.98. The first-order chi connectivity index (χ1) is 13.1. The van der Waals surface area contributed by atoms with Crippen LogP contribution < -0.4 is 4.74 Å². The summed E-state index contributed by atoms with van der Waals surface area (Å²) in [5.74, 6) is 1.60. The Bertz CT molecular complexity index is 580. The minimum Gasteiger partial charge on any atom is -0.493 e. The Morgan fingerprint density at radius 3 is 2.30 bits per heavy atom. The van der Waals surface area contributed by atoms with Crippen LogP contribution in [0.15, 0.2) is 29.8 Å². The van der Waals surface area contributed by atoms with Gasteiger partial charge in [0.2, 0.25) is 0 Å². The summed E-state index contributed by atoms with van der Waals surface area (Å²) in [6.07, 6.45) is 15.3. The van der Waals surface area contributed by atoms with E-state index in [1.807, 2.05) is 24.3 Å². The number of carboxylic acids is 1. The monoisotopic (exact) mass is 372 g/mol. The average Bonchev–Trinajstić information content (AvgIpc) is 2.68. The summed E-state index contributed by atoms with van der Waals surface area (Å²) in [5, 5.41) is 8.93. The number of benzene rings is 1. The second-order valence-corrected chi connectivity index (χ2v) is 8.10. The molecule has 1 aromatic carbocycles. The molecule has 1 aromatic rings. The molecule has 0 radical (unpaired) electrons. The van der Waals surface area contributed by atoms with Gasteiger partial charge in [-0.3, -0.25) is 0 Å². The predicted octanol–water partition coefficient (Wildman–Crippen LogP) is 6.72. The predicted molar refractivity (Wildman–Crippen MR) is 112 cm³/mol. The molecule has 1 N–H and O–H groups in total. The third kappa shape index (κ3) is 8.19. The van der Waals surface area contributed by atoms with Crippen molar-refractivity contribution in [2.75, 3.05) is 6.61 Å². The van der Waals surface area contributed by atoms with Crippen molar-refractivity contribution in [1.82, 2.24) is 0 Å². The molecular formula is C24H36O3. The third-order valence-corrected chi connectivity index (χ3v) is 5.77. The fourth-order valence-corrected chi connectivity index (χ4v) is 3.91. The summed E-state index contributed by atoms with van der Waals surface area (Å²) >= 11 is 0. The Morgan fingerprint density at radius 2 is 1.67 bits per heavy atom. The molecule has 1 saturated carbocycles. The zero-order chi connectivity index (χ0) is 19.5. The van der Waals surface area contributed by atoms with Crippen LogP contribution in [0.1, 0.15) is 83.6 Å². The fourth-order valence-electron chi connectivity index (χ4n) is 3.91. The Kier molecular flexibility index (Phi) is 9.44. The van der Waals surface area contributed by atoms with Crippen LogP contribution in [0.25, 0.3) is 6.08 Å². The van der Waals surface area contributed by atoms with Gasteiger partial charge in [0.05, 0.1) is 6.61 Å². The van der Waals surface area contributed by atoms with Gasteiger partial charge in [0, 0.05) is 5.57 Å². The minimum absolute atomic E-state index is 0.339. The molecule has 0 amide bonds. The van der Waals surface area contributed by atoms with Crippen LogP contribution in [0.3, 0.4) is 0 Å². The quantitative estimate of drug-likeness (QED) is 0.346. The summed E-state index contributed by atoms with van der Waals surface area (Å²) in [6, 6.07) is 7.69. The number of ether oxygens (including phenoxy) is 1. The largest absolute Gasteiger partial charge is 0.493 e. The zero-order valence-corrected chi connectivity index (χ0v) is 17.1. The first kappa shape index (κ1) is 21.5. The molecule has 0 aromatic heterocycles. The molecule has 2 rings (SSSR count). The fraction of sp³-hybridized carbons (Fsp3) is 0.625. The van der Waals surface area contributed by atoms with Crippen molar-refractivity contribution in [2.45, 2.75) is 78.1 Å². The second kappa shape index (κ2) is 11.8. The van der Waals surface area contributed by atoms with E-state index in [1.165, 1.54) is 64.2 Å². The summed E-state index contributed by atoms with van der Waals surface area (Å²) in [5.41, 5.74) is 1.23. The van der Waals surface area contributed by atoms with Crippen LogP contribution in [0, 0.1) is 11.8 Å². The van der Waals surface area contributed by atoms with Crippen molar-refractivity contribution in [3.63, 3.8) is 0 Å². The molecule has 1 fully saturated rings. The lowest BCUT2D eigenvalue weighted by atomic mass is 9.80. The first-order valence-corrected chi connectivity index (χ1v) is 10.7. The molecule has 0 heterocycles. The highest BCUT2D eigenvalue weighted by Gasteiger charge is 2.21. The minimum atomic E-state index is -0.883. The van der Waals surface area contributed by atoms with Gasteiger partial charge in [-0.1, -0.05) is 70.4 Å². The van der Waals surface area contributed by atoms with Crippen molar-refractivity contribution >= 4 is 12.0 Å². The molecule has 0 bridgehead atoms. The van der Waals surface area contributed by atoms with E-state index in [9.17, 15) is 4.79 Å². The second-order valence-electron chi connectivity index (χ2n) is 8.10. The van der Waals surface area contributed by atoms with Gasteiger partial charge in [-0.25, -0.2) is 4.79 Å². The van der Waals surface area contributed by atoms with E-state index in [2.05, 4.69) is 6.92 Å². The van der Waals surface area contributed by atoms with Gasteiger partial charge < -0.3 is 9.84 Å². The normalized spacial score (nSPS) is 20.4. The number of carbonyl (C=O) groups is 1. The van der Waals surface area contributed by atoms with E-state index in [0.29, 0.717) is 11.5 Å². The Balaban J connectivity index is 1.65. The van der Waals surface area contributed by atoms with Crippen molar-refractivity contribution in [1.29, 1.82) is 0 Å². The summed E-state index contributed by atoms with van der Waals surface area (Å²) in [7, 11) is 0. The lowest BCUT2D eigenvalue weighted by molar-refractivity contribution is -0.132. The number of hydrogen-bond acceptors (Lipinski definition) is 2. The van der Waals surface area contributed by atoms with Crippen LogP contribution >= 0.6 is 0 Å². The van der Waals surface area contributed by atoms with Crippen molar-refractivity contribution in [3.8, 4) is 5.75 Å². The summed E-state index contributed by atoms with van der Waals surface area (Å²) in [4.78, 5) is 10.9. The van der Waals surface area contributed by atoms with Gasteiger partial charge in [0.25, 0.3) is 0 Å². The van der Waals surface area contributed by atoms with Crippen LogP contribution in [-0.4, -0.2) is 17.7 Å². The van der Waals surface area contributed by atoms with Crippen LogP contribution in [0.5, 0.6) is 5.75 Å². The van der Waals surface area contributed by atoms with Gasteiger partial charge in [-0.15, -0.1) is 0 Å². The standard InChI is InChI=1S/C24H36O3/c1-3-4-5-6-7-8-20-9-11-22(12-10-20)18-27-23-15-13-21(14-16-23)17-19(2)24(25)26/h13-17,20,22H,3-12,18H2,1-2H3,(H,25,26). The number of unbranched alkanes of at least 4 members (excludes halogenated alkanes) is 4. The molecule has 0 saturated heterocycles. The van der Waals surface area contributed by atoms with E-state index >= 15 is 0 Å². The molecule has 0 atom stereocenters. The lowest BCUT2D eigenvalue weighted by Gasteiger charge is -2.28. The molecule has 0 aliphatic heterocycles. The van der Waals surface area contributed by atoms with E-state index in [1.54, 1.807) is 13.0 Å². The van der Waals surface area contributed by atoms with Crippen molar-refractivity contribution < 1.29 is 14.6 Å². The number of carboxylic acid groups (broad SMARTS) is 1. The lowest BCUT2D eigenvalue weighted by Crippen LogP contribution is -2.20. The third-order valence-electron chi connectivity index (χ3n) is 5.77. The Labute approximate surface area is 164 Å². The van der Waals surface area contributed by atoms with Gasteiger partial charge in [0.15, 0.2) is 0 Å². The van der Waals surface area contributed by atoms with Gasteiger partial charge in [-0.2, -0.15) is 0 Å². The molecule has 1 aliphatic rings. The number of rotatable bonds is 11. The Morgan fingerprint density at radius 1 is 1.04 bits per heavy atom. The molecule has 1 aliphatic carbocycles. The average molecular weight is 373 g/mol. The number of hydrogen-bond donors (Lipinski definition) is 1. The van der Waals surface area contributed by atoms with Gasteiger partial charge in [0.1, 0.15) is 5.75 Å². The molecular weight excluding hydrogens is 336 g/mol. The topological polar surface area (TPSA) is 46.5 Å². The molecule has 0 unspecified atom stereocenters. The molecule has 3 nitrogen and oxygen atoms in total. The van der Waals surface area contributed by atoms with E-state index < -0.39 is 5.97 Å². The molecule has 150 valence electrons. The van der Waals surface area contributed by atoms with Crippen LogP contribution in [-0.2, 0) is 4.79 Å². The van der Waals surface area contributed by atoms with E-state index in [0.717, 1.165) is 23.8 Å².